The van der Waals surface area contributed by atoms with E-state index in [0.717, 1.165) is 11.0 Å². The third kappa shape index (κ3) is 1.65. The Balaban J connectivity index is 2.10. The first-order valence-corrected chi connectivity index (χ1v) is 6.29. The first-order valence-electron chi connectivity index (χ1n) is 6.29. The van der Waals surface area contributed by atoms with E-state index in [2.05, 4.69) is 4.98 Å². The molecule has 1 aromatic heterocycles. The number of aliphatic hydroxyl groups is 1. The number of fused-ring (bicyclic) bond motifs is 1. The SMILES string of the molecule is CC1(C)C(O)CC1n1cnc2ccc(C(=O)O)cc21. The second-order valence-corrected chi connectivity index (χ2v) is 5.75. The minimum Gasteiger partial charge on any atom is -0.478 e. The molecule has 2 aromatic rings. The summed E-state index contributed by atoms with van der Waals surface area (Å²) in [6, 6.07) is 5.07. The maximum atomic E-state index is 11.0. The van der Waals surface area contributed by atoms with Gasteiger partial charge in [0.25, 0.3) is 0 Å². The number of carbonyl (C=O) groups is 1. The van der Waals surface area contributed by atoms with Crippen LogP contribution in [0.4, 0.5) is 0 Å². The molecule has 0 spiro atoms. The monoisotopic (exact) mass is 260 g/mol. The van der Waals surface area contributed by atoms with Gasteiger partial charge < -0.3 is 14.8 Å². The molecule has 3 rings (SSSR count). The number of aliphatic hydroxyl groups excluding tert-OH is 1. The summed E-state index contributed by atoms with van der Waals surface area (Å²) in [4.78, 5) is 15.3. The Bertz CT molecular complexity index is 660. The average molecular weight is 260 g/mol. The fraction of sp³-hybridized carbons (Fsp3) is 0.429. The minimum atomic E-state index is -0.942. The standard InChI is InChI=1S/C14H16N2O3/c1-14(2)11(6-12(14)17)16-7-15-9-4-3-8(13(18)19)5-10(9)16/h3-5,7,11-12,17H,6H2,1-2H3,(H,18,19). The van der Waals surface area contributed by atoms with Gasteiger partial charge in [-0.2, -0.15) is 0 Å². The summed E-state index contributed by atoms with van der Waals surface area (Å²) < 4.78 is 1.98. The van der Waals surface area contributed by atoms with Crippen molar-refractivity contribution < 1.29 is 15.0 Å². The van der Waals surface area contributed by atoms with Gasteiger partial charge >= 0.3 is 5.97 Å². The summed E-state index contributed by atoms with van der Waals surface area (Å²) >= 11 is 0. The number of benzene rings is 1. The van der Waals surface area contributed by atoms with E-state index in [1.807, 2.05) is 18.4 Å². The molecule has 5 heteroatoms. The number of aromatic nitrogens is 2. The Labute approximate surface area is 110 Å². The molecule has 2 N–H and O–H groups in total. The van der Waals surface area contributed by atoms with E-state index in [4.69, 9.17) is 5.11 Å². The molecule has 1 aromatic carbocycles. The average Bonchev–Trinajstić information content (AvgIpc) is 2.78. The third-order valence-electron chi connectivity index (χ3n) is 4.32. The van der Waals surface area contributed by atoms with Crippen LogP contribution in [0, 0.1) is 5.41 Å². The zero-order valence-electron chi connectivity index (χ0n) is 10.9. The maximum absolute atomic E-state index is 11.0. The first-order chi connectivity index (χ1) is 8.91. The van der Waals surface area contributed by atoms with E-state index in [0.29, 0.717) is 6.42 Å². The second kappa shape index (κ2) is 3.81. The Morgan fingerprint density at radius 3 is 2.79 bits per heavy atom. The molecular weight excluding hydrogens is 244 g/mol. The van der Waals surface area contributed by atoms with Crippen molar-refractivity contribution in [3.63, 3.8) is 0 Å². The molecule has 2 unspecified atom stereocenters. The van der Waals surface area contributed by atoms with Crippen molar-refractivity contribution in [1.82, 2.24) is 9.55 Å². The van der Waals surface area contributed by atoms with Crippen molar-refractivity contribution in [2.24, 2.45) is 5.41 Å². The molecule has 0 radical (unpaired) electrons. The van der Waals surface area contributed by atoms with Crippen LogP contribution in [0.5, 0.6) is 0 Å². The Morgan fingerprint density at radius 2 is 2.21 bits per heavy atom. The van der Waals surface area contributed by atoms with Gasteiger partial charge in [-0.05, 0) is 24.6 Å². The van der Waals surface area contributed by atoms with Gasteiger partial charge in [-0.1, -0.05) is 13.8 Å². The molecule has 0 saturated heterocycles. The zero-order chi connectivity index (χ0) is 13.8. The number of carboxylic acid groups (broad SMARTS) is 1. The molecule has 1 aliphatic carbocycles. The summed E-state index contributed by atoms with van der Waals surface area (Å²) in [7, 11) is 0. The van der Waals surface area contributed by atoms with Gasteiger partial charge in [0, 0.05) is 11.5 Å². The van der Waals surface area contributed by atoms with E-state index >= 15 is 0 Å². The largest absolute Gasteiger partial charge is 0.478 e. The normalized spacial score (nSPS) is 25.2. The van der Waals surface area contributed by atoms with Crippen LogP contribution < -0.4 is 0 Å². The highest BCUT2D eigenvalue weighted by Gasteiger charge is 2.48. The van der Waals surface area contributed by atoms with Crippen molar-refractivity contribution in [2.75, 3.05) is 0 Å². The summed E-state index contributed by atoms with van der Waals surface area (Å²) in [5, 5.41) is 18.9. The summed E-state index contributed by atoms with van der Waals surface area (Å²) in [6.07, 6.45) is 2.09. The number of imidazole rings is 1. The minimum absolute atomic E-state index is 0.150. The molecule has 0 bridgehead atoms. The van der Waals surface area contributed by atoms with Crippen molar-refractivity contribution in [2.45, 2.75) is 32.4 Å². The molecule has 0 amide bonds. The zero-order valence-corrected chi connectivity index (χ0v) is 10.9. The Hall–Kier alpha value is -1.88. The number of hydrogen-bond acceptors (Lipinski definition) is 3. The molecule has 1 aliphatic rings. The lowest BCUT2D eigenvalue weighted by molar-refractivity contribution is -0.0878. The topological polar surface area (TPSA) is 75.3 Å². The van der Waals surface area contributed by atoms with E-state index < -0.39 is 5.97 Å². The Kier molecular flexibility index (Phi) is 2.44. The van der Waals surface area contributed by atoms with Gasteiger partial charge in [0.1, 0.15) is 0 Å². The number of carboxylic acids is 1. The molecule has 5 nitrogen and oxygen atoms in total. The maximum Gasteiger partial charge on any atom is 0.335 e. The van der Waals surface area contributed by atoms with Crippen LogP contribution >= 0.6 is 0 Å². The third-order valence-corrected chi connectivity index (χ3v) is 4.32. The highest BCUT2D eigenvalue weighted by molar-refractivity contribution is 5.92. The molecule has 19 heavy (non-hydrogen) atoms. The predicted octanol–water partition coefficient (Wildman–Crippen LogP) is 2.07. The Morgan fingerprint density at radius 1 is 1.47 bits per heavy atom. The first kappa shape index (κ1) is 12.2. The van der Waals surface area contributed by atoms with Crippen LogP contribution in [0.25, 0.3) is 11.0 Å². The number of aromatic carboxylic acids is 1. The van der Waals surface area contributed by atoms with E-state index in [9.17, 15) is 9.90 Å². The molecule has 1 saturated carbocycles. The molecule has 1 fully saturated rings. The second-order valence-electron chi connectivity index (χ2n) is 5.75. The van der Waals surface area contributed by atoms with Gasteiger partial charge in [0.15, 0.2) is 0 Å². The lowest BCUT2D eigenvalue weighted by atomic mass is 9.64. The quantitative estimate of drug-likeness (QED) is 0.866. The van der Waals surface area contributed by atoms with E-state index in [1.54, 1.807) is 24.5 Å². The number of rotatable bonds is 2. The van der Waals surface area contributed by atoms with Crippen molar-refractivity contribution in [3.05, 3.63) is 30.1 Å². The molecule has 0 aliphatic heterocycles. The van der Waals surface area contributed by atoms with Crippen LogP contribution in [0.1, 0.15) is 36.7 Å². The van der Waals surface area contributed by atoms with Gasteiger partial charge in [-0.3, -0.25) is 0 Å². The van der Waals surface area contributed by atoms with Crippen LogP contribution in [0.2, 0.25) is 0 Å². The number of nitrogens with zero attached hydrogens (tertiary/aromatic N) is 2. The van der Waals surface area contributed by atoms with Crippen molar-refractivity contribution in [3.8, 4) is 0 Å². The fourth-order valence-electron chi connectivity index (χ4n) is 2.76. The van der Waals surface area contributed by atoms with Gasteiger partial charge in [0.2, 0.25) is 0 Å². The van der Waals surface area contributed by atoms with Crippen molar-refractivity contribution >= 4 is 17.0 Å². The highest BCUT2D eigenvalue weighted by Crippen LogP contribution is 2.50. The van der Waals surface area contributed by atoms with Crippen molar-refractivity contribution in [1.29, 1.82) is 0 Å². The molecular formula is C14H16N2O3. The van der Waals surface area contributed by atoms with E-state index in [-0.39, 0.29) is 23.1 Å². The highest BCUT2D eigenvalue weighted by atomic mass is 16.4. The summed E-state index contributed by atoms with van der Waals surface area (Å²) in [5.74, 6) is -0.942. The lowest BCUT2D eigenvalue weighted by Crippen LogP contribution is -2.49. The van der Waals surface area contributed by atoms with Crippen LogP contribution in [0.3, 0.4) is 0 Å². The molecule has 2 atom stereocenters. The summed E-state index contributed by atoms with van der Waals surface area (Å²) in [5.41, 5.74) is 1.63. The molecule has 1 heterocycles. The van der Waals surface area contributed by atoms with E-state index in [1.165, 1.54) is 0 Å². The lowest BCUT2D eigenvalue weighted by Gasteiger charge is -2.49. The summed E-state index contributed by atoms with van der Waals surface area (Å²) in [6.45, 7) is 4.03. The fourth-order valence-corrected chi connectivity index (χ4v) is 2.76. The smallest absolute Gasteiger partial charge is 0.335 e. The van der Waals surface area contributed by atoms with Crippen LogP contribution in [-0.2, 0) is 0 Å². The van der Waals surface area contributed by atoms with Gasteiger partial charge in [0.05, 0.1) is 29.0 Å². The van der Waals surface area contributed by atoms with Crippen LogP contribution in [0.15, 0.2) is 24.5 Å². The van der Waals surface area contributed by atoms with Gasteiger partial charge in [-0.25, -0.2) is 9.78 Å². The predicted molar refractivity (Wildman–Crippen MR) is 70.1 cm³/mol. The number of hydrogen-bond donors (Lipinski definition) is 2. The van der Waals surface area contributed by atoms with Crippen LogP contribution in [-0.4, -0.2) is 31.8 Å². The van der Waals surface area contributed by atoms with Gasteiger partial charge in [-0.15, -0.1) is 0 Å². The molecule has 100 valence electrons.